The van der Waals surface area contributed by atoms with E-state index in [1.165, 1.54) is 0 Å². The van der Waals surface area contributed by atoms with Crippen molar-refractivity contribution in [2.24, 2.45) is 0 Å². The quantitative estimate of drug-likeness (QED) is 0.558. The molecule has 0 heterocycles. The highest BCUT2D eigenvalue weighted by molar-refractivity contribution is 5.66. The molecule has 0 aromatic carbocycles. The molecule has 0 atom stereocenters. The van der Waals surface area contributed by atoms with Gasteiger partial charge in [0.25, 0.3) is 0 Å². The number of carbonyl (C=O) groups excluding carboxylic acids is 1. The summed E-state index contributed by atoms with van der Waals surface area (Å²) < 4.78 is 87.5. The van der Waals surface area contributed by atoms with Crippen LogP contribution < -0.4 is 0 Å². The van der Waals surface area contributed by atoms with Gasteiger partial charge in [0.15, 0.2) is 6.67 Å². The minimum absolute atomic E-state index is 0.317. The monoisotopic (exact) mass is 242 g/mol. The molecule has 0 bridgehead atoms. The summed E-state index contributed by atoms with van der Waals surface area (Å²) in [5.74, 6) is -13.6. The molecule has 0 aromatic heterocycles. The van der Waals surface area contributed by atoms with Gasteiger partial charge in [0, 0.05) is 6.92 Å². The lowest BCUT2D eigenvalue weighted by Gasteiger charge is -2.29. The van der Waals surface area contributed by atoms with Crippen LogP contribution in [-0.4, -0.2) is 30.6 Å². The molecular weight excluding hydrogens is 237 g/mol. The van der Waals surface area contributed by atoms with Crippen molar-refractivity contribution in [3.8, 4) is 0 Å². The average Bonchev–Trinajstić information content (AvgIpc) is 2.01. The van der Waals surface area contributed by atoms with E-state index in [1.807, 2.05) is 0 Å². The van der Waals surface area contributed by atoms with E-state index in [2.05, 4.69) is 4.74 Å². The zero-order valence-electron chi connectivity index (χ0n) is 7.17. The molecule has 0 aromatic rings. The zero-order chi connectivity index (χ0) is 12.5. The number of rotatable bonds is 4. The van der Waals surface area contributed by atoms with Gasteiger partial charge < -0.3 is 4.74 Å². The van der Waals surface area contributed by atoms with Crippen LogP contribution in [-0.2, 0) is 9.53 Å². The third kappa shape index (κ3) is 2.51. The Hall–Kier alpha value is -1.02. The Balaban J connectivity index is 5.08. The summed E-state index contributed by atoms with van der Waals surface area (Å²) in [7, 11) is 0. The first kappa shape index (κ1) is 14.0. The number of carbonyl (C=O) groups is 1. The average molecular weight is 242 g/mol. The van der Waals surface area contributed by atoms with E-state index in [-0.39, 0.29) is 0 Å². The van der Waals surface area contributed by atoms with Crippen molar-refractivity contribution < 1.29 is 40.3 Å². The first-order chi connectivity index (χ1) is 6.48. The molecule has 0 spiro atoms. The van der Waals surface area contributed by atoms with Crippen LogP contribution in [0.4, 0.5) is 30.7 Å². The molecule has 0 unspecified atom stereocenters. The van der Waals surface area contributed by atoms with Crippen LogP contribution in [0.25, 0.3) is 0 Å². The SMILES string of the molecule is CC(=O)OC(F)(F)C(F)(F)C(F)(F)CF. The van der Waals surface area contributed by atoms with Gasteiger partial charge in [0.1, 0.15) is 0 Å². The molecule has 0 N–H and O–H groups in total. The lowest BCUT2D eigenvalue weighted by molar-refractivity contribution is -0.385. The summed E-state index contributed by atoms with van der Waals surface area (Å²) in [6, 6.07) is 0. The highest BCUT2D eigenvalue weighted by atomic mass is 19.4. The van der Waals surface area contributed by atoms with Gasteiger partial charge in [-0.15, -0.1) is 0 Å². The Kier molecular flexibility index (Phi) is 3.59. The van der Waals surface area contributed by atoms with E-state index >= 15 is 0 Å². The lowest BCUT2D eigenvalue weighted by atomic mass is 10.2. The van der Waals surface area contributed by atoms with Crippen molar-refractivity contribution in [2.45, 2.75) is 24.9 Å². The van der Waals surface area contributed by atoms with E-state index in [4.69, 9.17) is 0 Å². The molecule has 9 heteroatoms. The second-order valence-electron chi connectivity index (χ2n) is 2.52. The highest BCUT2D eigenvalue weighted by Crippen LogP contribution is 2.46. The van der Waals surface area contributed by atoms with Crippen LogP contribution in [0.2, 0.25) is 0 Å². The number of hydrogen-bond acceptors (Lipinski definition) is 2. The molecule has 0 fully saturated rings. The lowest BCUT2D eigenvalue weighted by Crippen LogP contribution is -2.56. The standard InChI is InChI=1S/C6H5F7O2/c1-3(14)15-6(12,13)5(10,11)4(8,9)2-7/h2H2,1H3. The van der Waals surface area contributed by atoms with Gasteiger partial charge in [-0.1, -0.05) is 0 Å². The van der Waals surface area contributed by atoms with Gasteiger partial charge in [-0.3, -0.25) is 4.79 Å². The fourth-order valence-electron chi connectivity index (χ4n) is 0.541. The Morgan fingerprint density at radius 3 is 1.80 bits per heavy atom. The summed E-state index contributed by atoms with van der Waals surface area (Å²) in [6.07, 6.45) is -5.77. The molecule has 0 aliphatic carbocycles. The molecule has 0 radical (unpaired) electrons. The van der Waals surface area contributed by atoms with Crippen molar-refractivity contribution in [3.63, 3.8) is 0 Å². The zero-order valence-corrected chi connectivity index (χ0v) is 7.17. The first-order valence-electron chi connectivity index (χ1n) is 3.37. The van der Waals surface area contributed by atoms with Crippen molar-refractivity contribution in [2.75, 3.05) is 6.67 Å². The van der Waals surface area contributed by atoms with Gasteiger partial charge in [-0.25, -0.2) is 4.39 Å². The van der Waals surface area contributed by atoms with E-state index < -0.39 is 30.6 Å². The Bertz CT molecular complexity index is 250. The first-order valence-corrected chi connectivity index (χ1v) is 3.37. The summed E-state index contributed by atoms with van der Waals surface area (Å²) in [6.45, 7) is -2.69. The fraction of sp³-hybridized carbons (Fsp3) is 0.833. The predicted octanol–water partition coefficient (Wildman–Crippen LogP) is 2.38. The molecule has 15 heavy (non-hydrogen) atoms. The molecular formula is C6H5F7O2. The second-order valence-corrected chi connectivity index (χ2v) is 2.52. The van der Waals surface area contributed by atoms with Crippen LogP contribution in [0.3, 0.4) is 0 Å². The third-order valence-corrected chi connectivity index (χ3v) is 1.26. The van der Waals surface area contributed by atoms with Gasteiger partial charge in [-0.2, -0.15) is 26.3 Å². The van der Waals surface area contributed by atoms with E-state index in [0.717, 1.165) is 0 Å². The topological polar surface area (TPSA) is 26.3 Å². The molecule has 0 saturated carbocycles. The number of ether oxygens (including phenoxy) is 1. The van der Waals surface area contributed by atoms with Crippen molar-refractivity contribution in [1.29, 1.82) is 0 Å². The summed E-state index contributed by atoms with van der Waals surface area (Å²) in [4.78, 5) is 9.95. The van der Waals surface area contributed by atoms with Crippen molar-refractivity contribution in [3.05, 3.63) is 0 Å². The number of hydrogen-bond donors (Lipinski definition) is 0. The van der Waals surface area contributed by atoms with Crippen LogP contribution in [0.1, 0.15) is 6.92 Å². The van der Waals surface area contributed by atoms with E-state index in [0.29, 0.717) is 6.92 Å². The molecule has 90 valence electrons. The Morgan fingerprint density at radius 1 is 1.13 bits per heavy atom. The maximum atomic E-state index is 12.3. The van der Waals surface area contributed by atoms with Crippen LogP contribution in [0, 0.1) is 0 Å². The molecule has 0 rings (SSSR count). The van der Waals surface area contributed by atoms with Crippen LogP contribution in [0.15, 0.2) is 0 Å². The van der Waals surface area contributed by atoms with Gasteiger partial charge in [0.2, 0.25) is 0 Å². The number of alkyl halides is 7. The minimum Gasteiger partial charge on any atom is -0.396 e. The maximum Gasteiger partial charge on any atom is 0.473 e. The summed E-state index contributed by atoms with van der Waals surface area (Å²) in [5, 5.41) is 0. The third-order valence-electron chi connectivity index (χ3n) is 1.26. The largest absolute Gasteiger partial charge is 0.473 e. The molecule has 2 nitrogen and oxygen atoms in total. The number of halogens is 7. The van der Waals surface area contributed by atoms with E-state index in [9.17, 15) is 35.5 Å². The molecule has 0 saturated heterocycles. The Morgan fingerprint density at radius 2 is 1.53 bits per heavy atom. The predicted molar refractivity (Wildman–Crippen MR) is 32.6 cm³/mol. The molecule has 0 aliphatic rings. The van der Waals surface area contributed by atoms with Crippen LogP contribution >= 0.6 is 0 Å². The van der Waals surface area contributed by atoms with Crippen molar-refractivity contribution in [1.82, 2.24) is 0 Å². The molecule has 0 amide bonds. The van der Waals surface area contributed by atoms with Gasteiger partial charge >= 0.3 is 23.9 Å². The molecule has 0 aliphatic heterocycles. The maximum absolute atomic E-state index is 12.3. The smallest absolute Gasteiger partial charge is 0.396 e. The van der Waals surface area contributed by atoms with Crippen molar-refractivity contribution >= 4 is 5.97 Å². The Labute approximate surface area is 79.0 Å². The van der Waals surface area contributed by atoms with Crippen LogP contribution in [0.5, 0.6) is 0 Å². The van der Waals surface area contributed by atoms with E-state index in [1.54, 1.807) is 0 Å². The summed E-state index contributed by atoms with van der Waals surface area (Å²) in [5.41, 5.74) is 0. The number of esters is 1. The highest BCUT2D eigenvalue weighted by Gasteiger charge is 2.74. The van der Waals surface area contributed by atoms with Gasteiger partial charge in [-0.05, 0) is 0 Å². The minimum atomic E-state index is -6.11. The normalized spacial score (nSPS) is 13.9. The fourth-order valence-corrected chi connectivity index (χ4v) is 0.541. The summed E-state index contributed by atoms with van der Waals surface area (Å²) >= 11 is 0. The van der Waals surface area contributed by atoms with Gasteiger partial charge in [0.05, 0.1) is 0 Å². The second kappa shape index (κ2) is 3.86.